The Hall–Kier alpha value is -1.62. The molecule has 4 nitrogen and oxygen atoms in total. The zero-order valence-corrected chi connectivity index (χ0v) is 14.9. The van der Waals surface area contributed by atoms with Crippen LogP contribution in [-0.2, 0) is 13.0 Å². The van der Waals surface area contributed by atoms with Crippen LogP contribution in [0.4, 0.5) is 11.4 Å². The number of rotatable bonds is 5. The van der Waals surface area contributed by atoms with Crippen molar-refractivity contribution >= 4 is 27.3 Å². The molecule has 0 fully saturated rings. The van der Waals surface area contributed by atoms with E-state index in [4.69, 9.17) is 0 Å². The fourth-order valence-corrected chi connectivity index (χ4v) is 2.74. The van der Waals surface area contributed by atoms with Crippen molar-refractivity contribution in [3.63, 3.8) is 0 Å². The van der Waals surface area contributed by atoms with Crippen LogP contribution in [0.5, 0.6) is 0 Å². The van der Waals surface area contributed by atoms with Gasteiger partial charge in [0.05, 0.1) is 0 Å². The Morgan fingerprint density at radius 3 is 2.27 bits per heavy atom. The molecule has 0 atom stereocenters. The van der Waals surface area contributed by atoms with E-state index in [-0.39, 0.29) is 5.54 Å². The van der Waals surface area contributed by atoms with E-state index in [0.717, 1.165) is 16.5 Å². The second kappa shape index (κ2) is 6.24. The average Bonchev–Trinajstić information content (AvgIpc) is 2.45. The van der Waals surface area contributed by atoms with Crippen molar-refractivity contribution in [3.05, 3.63) is 54.2 Å². The molecular formula is C17H21BrN2O2. The Kier molecular flexibility index (Phi) is 4.75. The molecule has 0 radical (unpaired) electrons. The van der Waals surface area contributed by atoms with E-state index in [1.54, 1.807) is 0 Å². The summed E-state index contributed by atoms with van der Waals surface area (Å²) in [5.41, 5.74) is 1.99. The van der Waals surface area contributed by atoms with Gasteiger partial charge in [0.15, 0.2) is 0 Å². The number of benzene rings is 1. The lowest BCUT2D eigenvalue weighted by atomic mass is 10.0. The van der Waals surface area contributed by atoms with Crippen molar-refractivity contribution in [2.75, 3.05) is 10.6 Å². The predicted octanol–water partition coefficient (Wildman–Crippen LogP) is 3.43. The number of aryl methyl sites for hydroxylation is 1. The zero-order chi connectivity index (χ0) is 16.5. The molecule has 5 heteroatoms. The molecule has 0 heterocycles. The summed E-state index contributed by atoms with van der Waals surface area (Å²) < 4.78 is 1.04. The first kappa shape index (κ1) is 16.7. The van der Waals surface area contributed by atoms with E-state index in [1.165, 1.54) is 5.56 Å². The molecule has 2 rings (SSSR count). The third-order valence-corrected chi connectivity index (χ3v) is 3.91. The van der Waals surface area contributed by atoms with Gasteiger partial charge in [-0.2, -0.15) is 0 Å². The van der Waals surface area contributed by atoms with Crippen molar-refractivity contribution in [2.45, 2.75) is 46.2 Å². The van der Waals surface area contributed by atoms with Crippen molar-refractivity contribution in [3.8, 4) is 0 Å². The summed E-state index contributed by atoms with van der Waals surface area (Å²) in [5.74, 6) is 0. The van der Waals surface area contributed by atoms with Gasteiger partial charge in [-0.3, -0.25) is 9.59 Å². The molecule has 0 spiro atoms. The maximum absolute atomic E-state index is 11.8. The van der Waals surface area contributed by atoms with E-state index in [1.807, 2.05) is 32.9 Å². The van der Waals surface area contributed by atoms with Gasteiger partial charge in [-0.15, -0.1) is 0 Å². The lowest BCUT2D eigenvalue weighted by molar-refractivity contribution is 0.632. The number of hydrogen-bond donors (Lipinski definition) is 2. The van der Waals surface area contributed by atoms with Crippen molar-refractivity contribution in [1.29, 1.82) is 0 Å². The molecule has 0 bridgehead atoms. The highest BCUT2D eigenvalue weighted by atomic mass is 79.9. The Morgan fingerprint density at radius 1 is 1.05 bits per heavy atom. The van der Waals surface area contributed by atoms with Gasteiger partial charge in [0.1, 0.15) is 11.4 Å². The van der Waals surface area contributed by atoms with E-state index < -0.39 is 10.9 Å². The van der Waals surface area contributed by atoms with Crippen LogP contribution in [0.25, 0.3) is 0 Å². The molecule has 0 saturated carbocycles. The molecule has 0 saturated heterocycles. The second-order valence-electron chi connectivity index (χ2n) is 6.40. The van der Waals surface area contributed by atoms with Crippen LogP contribution in [0.1, 0.15) is 38.8 Å². The second-order valence-corrected chi connectivity index (χ2v) is 7.32. The van der Waals surface area contributed by atoms with Gasteiger partial charge in [0.25, 0.3) is 10.9 Å². The van der Waals surface area contributed by atoms with Crippen molar-refractivity contribution in [1.82, 2.24) is 0 Å². The topological polar surface area (TPSA) is 58.2 Å². The molecule has 2 aromatic carbocycles. The molecule has 0 amide bonds. The lowest BCUT2D eigenvalue weighted by Gasteiger charge is -2.25. The molecule has 22 heavy (non-hydrogen) atoms. The molecule has 0 aromatic heterocycles. The minimum absolute atomic E-state index is 0.259. The molecule has 0 aliphatic heterocycles. The van der Waals surface area contributed by atoms with Crippen LogP contribution in [0.15, 0.2) is 32.3 Å². The van der Waals surface area contributed by atoms with Gasteiger partial charge in [-0.25, -0.2) is 0 Å². The molecule has 2 N–H and O–H groups in total. The van der Waals surface area contributed by atoms with Gasteiger partial charge >= 0.3 is 0 Å². The van der Waals surface area contributed by atoms with Crippen LogP contribution >= 0.6 is 15.9 Å². The van der Waals surface area contributed by atoms with Crippen LogP contribution in [0.3, 0.4) is 0 Å². The fraction of sp³-hybridized carbons (Fsp3) is 0.412. The van der Waals surface area contributed by atoms with Crippen LogP contribution in [0.2, 0.25) is 0 Å². The van der Waals surface area contributed by atoms with E-state index >= 15 is 0 Å². The smallest absolute Gasteiger partial charge is 0.253 e. The lowest BCUT2D eigenvalue weighted by Crippen LogP contribution is -2.41. The standard InChI is InChI=1S/C17H21BrN2O2/c1-5-10-8-12(18)7-6-11(10)9-19-13-14(16(22)15(13)21)20-17(2,3)4/h6-8,19-20H,5,9H2,1-4H3. The molecular weight excluding hydrogens is 344 g/mol. The largest absolute Gasteiger partial charge is 0.376 e. The molecule has 2 aromatic rings. The van der Waals surface area contributed by atoms with E-state index in [9.17, 15) is 9.59 Å². The Labute approximate surface area is 138 Å². The van der Waals surface area contributed by atoms with Gasteiger partial charge < -0.3 is 10.6 Å². The highest BCUT2D eigenvalue weighted by Gasteiger charge is 2.24. The maximum Gasteiger partial charge on any atom is 0.253 e. The minimum Gasteiger partial charge on any atom is -0.376 e. The average molecular weight is 365 g/mol. The number of hydrogen-bond acceptors (Lipinski definition) is 4. The van der Waals surface area contributed by atoms with Gasteiger partial charge in [0, 0.05) is 16.6 Å². The maximum atomic E-state index is 11.8. The molecule has 118 valence electrons. The van der Waals surface area contributed by atoms with Gasteiger partial charge in [-0.05, 0) is 50.5 Å². The SMILES string of the molecule is CCc1cc(Br)ccc1CNc1c(NC(C)(C)C)c(=O)c1=O. The zero-order valence-electron chi connectivity index (χ0n) is 13.3. The van der Waals surface area contributed by atoms with Gasteiger partial charge in [0.2, 0.25) is 0 Å². The summed E-state index contributed by atoms with van der Waals surface area (Å²) in [7, 11) is 0. The molecule has 0 aliphatic carbocycles. The molecule has 0 unspecified atom stereocenters. The minimum atomic E-state index is -0.443. The van der Waals surface area contributed by atoms with E-state index in [0.29, 0.717) is 17.9 Å². The van der Waals surface area contributed by atoms with E-state index in [2.05, 4.69) is 39.6 Å². The van der Waals surface area contributed by atoms with Crippen LogP contribution in [-0.4, -0.2) is 5.54 Å². The monoisotopic (exact) mass is 364 g/mol. The summed E-state index contributed by atoms with van der Waals surface area (Å²) in [6.07, 6.45) is 0.912. The van der Waals surface area contributed by atoms with Crippen LogP contribution < -0.4 is 21.5 Å². The first-order valence-electron chi connectivity index (χ1n) is 7.35. The summed E-state index contributed by atoms with van der Waals surface area (Å²) in [5, 5.41) is 6.21. The third kappa shape index (κ3) is 3.58. The number of anilines is 2. The Balaban J connectivity index is 2.18. The van der Waals surface area contributed by atoms with Crippen LogP contribution in [0, 0.1) is 0 Å². The summed E-state index contributed by atoms with van der Waals surface area (Å²) in [4.78, 5) is 23.5. The van der Waals surface area contributed by atoms with Crippen molar-refractivity contribution < 1.29 is 0 Å². The highest BCUT2D eigenvalue weighted by molar-refractivity contribution is 9.10. The molecule has 0 aliphatic rings. The Morgan fingerprint density at radius 2 is 1.68 bits per heavy atom. The Bertz CT molecular complexity index is 753. The first-order chi connectivity index (χ1) is 10.2. The van der Waals surface area contributed by atoms with Crippen molar-refractivity contribution in [2.24, 2.45) is 0 Å². The highest BCUT2D eigenvalue weighted by Crippen LogP contribution is 2.22. The first-order valence-corrected chi connectivity index (χ1v) is 8.15. The quantitative estimate of drug-likeness (QED) is 0.798. The number of halogens is 1. The summed E-state index contributed by atoms with van der Waals surface area (Å²) in [6.45, 7) is 8.49. The summed E-state index contributed by atoms with van der Waals surface area (Å²) >= 11 is 3.46. The normalized spacial score (nSPS) is 11.7. The van der Waals surface area contributed by atoms with Gasteiger partial charge in [-0.1, -0.05) is 28.9 Å². The fourth-order valence-electron chi connectivity index (χ4n) is 2.33. The predicted molar refractivity (Wildman–Crippen MR) is 95.6 cm³/mol. The number of nitrogens with one attached hydrogen (secondary N) is 2. The summed E-state index contributed by atoms with van der Waals surface area (Å²) in [6, 6.07) is 6.08. The third-order valence-electron chi connectivity index (χ3n) is 3.42.